The van der Waals surface area contributed by atoms with Gasteiger partial charge < -0.3 is 14.8 Å². The number of rotatable bonds is 3. The number of urea groups is 1. The number of fused-ring (bicyclic) bond motifs is 1. The summed E-state index contributed by atoms with van der Waals surface area (Å²) in [4.78, 5) is 15.7. The van der Waals surface area contributed by atoms with Gasteiger partial charge in [-0.15, -0.1) is 11.8 Å². The van der Waals surface area contributed by atoms with Crippen LogP contribution in [-0.4, -0.2) is 32.0 Å². The van der Waals surface area contributed by atoms with Crippen molar-refractivity contribution in [3.8, 4) is 11.5 Å². The molecule has 1 aliphatic heterocycles. The van der Waals surface area contributed by atoms with Crippen LogP contribution in [-0.2, 0) is 0 Å². The van der Waals surface area contributed by atoms with E-state index < -0.39 is 0 Å². The average Bonchev–Trinajstić information content (AvgIpc) is 2.61. The van der Waals surface area contributed by atoms with E-state index in [4.69, 9.17) is 9.47 Å². The van der Waals surface area contributed by atoms with Gasteiger partial charge in [-0.1, -0.05) is 19.1 Å². The van der Waals surface area contributed by atoms with Gasteiger partial charge in [0.15, 0.2) is 0 Å². The number of hydrogen-bond donors (Lipinski definition) is 1. The second-order valence-corrected chi connectivity index (χ2v) is 6.98. The zero-order valence-electron chi connectivity index (χ0n) is 13.9. The van der Waals surface area contributed by atoms with E-state index in [0.29, 0.717) is 29.0 Å². The molecule has 0 spiro atoms. The van der Waals surface area contributed by atoms with E-state index in [9.17, 15) is 4.79 Å². The Bertz CT molecular complexity index is 751. The first kappa shape index (κ1) is 16.5. The molecule has 3 rings (SSSR count). The molecule has 2 aromatic rings. The van der Waals surface area contributed by atoms with E-state index >= 15 is 0 Å². The van der Waals surface area contributed by atoms with E-state index in [1.807, 2.05) is 24.3 Å². The maximum Gasteiger partial charge on any atom is 0.326 e. The third-order valence-electron chi connectivity index (χ3n) is 3.82. The van der Waals surface area contributed by atoms with Crippen LogP contribution in [0.25, 0.3) is 0 Å². The van der Waals surface area contributed by atoms with E-state index in [1.165, 1.54) is 0 Å². The van der Waals surface area contributed by atoms with Crippen LogP contribution in [0.5, 0.6) is 11.5 Å². The van der Waals surface area contributed by atoms with Gasteiger partial charge in [0.2, 0.25) is 0 Å². The fourth-order valence-electron chi connectivity index (χ4n) is 2.67. The van der Waals surface area contributed by atoms with Crippen molar-refractivity contribution >= 4 is 29.2 Å². The van der Waals surface area contributed by atoms with Gasteiger partial charge >= 0.3 is 6.03 Å². The minimum absolute atomic E-state index is 0.168. The summed E-state index contributed by atoms with van der Waals surface area (Å²) in [5, 5.41) is 3.28. The lowest BCUT2D eigenvalue weighted by atomic mass is 10.2. The molecule has 0 radical (unpaired) electrons. The van der Waals surface area contributed by atoms with E-state index in [0.717, 1.165) is 10.6 Å². The molecular weight excluding hydrogens is 324 g/mol. The topological polar surface area (TPSA) is 50.8 Å². The fraction of sp³-hybridized carbons (Fsp3) is 0.278. The molecule has 24 heavy (non-hydrogen) atoms. The zero-order chi connectivity index (χ0) is 17.1. The maximum atomic E-state index is 12.8. The Morgan fingerprint density at radius 3 is 2.75 bits per heavy atom. The number of anilines is 2. The van der Waals surface area contributed by atoms with E-state index in [1.54, 1.807) is 49.1 Å². The monoisotopic (exact) mass is 344 g/mol. The SMILES string of the molecule is COc1ccc(NC(=O)N2C[C@@H](C)Sc3ccccc32)c(OC)c1. The lowest BCUT2D eigenvalue weighted by Crippen LogP contribution is -2.41. The molecule has 2 amide bonds. The van der Waals surface area contributed by atoms with Crippen molar-refractivity contribution in [3.63, 3.8) is 0 Å². The van der Waals surface area contributed by atoms with Crippen LogP contribution < -0.4 is 19.7 Å². The number of nitrogens with zero attached hydrogens (tertiary/aromatic N) is 1. The number of carbonyl (C=O) groups is 1. The molecule has 1 aliphatic rings. The first-order valence-electron chi connectivity index (χ1n) is 7.68. The first-order chi connectivity index (χ1) is 11.6. The van der Waals surface area contributed by atoms with Crippen molar-refractivity contribution < 1.29 is 14.3 Å². The van der Waals surface area contributed by atoms with Crippen molar-refractivity contribution in [1.82, 2.24) is 0 Å². The summed E-state index contributed by atoms with van der Waals surface area (Å²) in [7, 11) is 3.16. The summed E-state index contributed by atoms with van der Waals surface area (Å²) in [6.07, 6.45) is 0. The number of amides is 2. The molecule has 126 valence electrons. The Morgan fingerprint density at radius 1 is 1.21 bits per heavy atom. The maximum absolute atomic E-state index is 12.8. The Labute approximate surface area is 145 Å². The normalized spacial score (nSPS) is 16.3. The van der Waals surface area contributed by atoms with Crippen LogP contribution in [0.4, 0.5) is 16.2 Å². The standard InChI is InChI=1S/C18H20N2O3S/c1-12-11-20(15-6-4-5-7-17(15)24-12)18(21)19-14-9-8-13(22-2)10-16(14)23-3/h4-10,12H,11H2,1-3H3,(H,19,21)/t12-/m1/s1. The lowest BCUT2D eigenvalue weighted by Gasteiger charge is -2.32. The number of para-hydroxylation sites is 1. The summed E-state index contributed by atoms with van der Waals surface area (Å²) < 4.78 is 10.5. The number of benzene rings is 2. The van der Waals surface area contributed by atoms with Crippen LogP contribution >= 0.6 is 11.8 Å². The number of hydrogen-bond acceptors (Lipinski definition) is 4. The van der Waals surface area contributed by atoms with Gasteiger partial charge in [0, 0.05) is 22.8 Å². The number of thioether (sulfide) groups is 1. The number of ether oxygens (including phenoxy) is 2. The highest BCUT2D eigenvalue weighted by atomic mass is 32.2. The molecule has 1 N–H and O–H groups in total. The molecule has 0 aromatic heterocycles. The number of carbonyl (C=O) groups excluding carboxylic acids is 1. The quantitative estimate of drug-likeness (QED) is 0.905. The Morgan fingerprint density at radius 2 is 2.00 bits per heavy atom. The molecule has 1 heterocycles. The number of nitrogens with one attached hydrogen (secondary N) is 1. The van der Waals surface area contributed by atoms with Crippen LogP contribution in [0, 0.1) is 0 Å². The molecule has 0 aliphatic carbocycles. The molecule has 0 bridgehead atoms. The number of methoxy groups -OCH3 is 2. The van der Waals surface area contributed by atoms with Crippen LogP contribution in [0.15, 0.2) is 47.4 Å². The third-order valence-corrected chi connectivity index (χ3v) is 4.97. The molecular formula is C18H20N2O3S. The van der Waals surface area contributed by atoms with Gasteiger partial charge in [-0.2, -0.15) is 0 Å². The molecule has 0 fully saturated rings. The minimum Gasteiger partial charge on any atom is -0.497 e. The smallest absolute Gasteiger partial charge is 0.326 e. The molecule has 1 atom stereocenters. The largest absolute Gasteiger partial charge is 0.497 e. The molecule has 5 nitrogen and oxygen atoms in total. The highest BCUT2D eigenvalue weighted by Gasteiger charge is 2.27. The van der Waals surface area contributed by atoms with Gasteiger partial charge in [0.05, 0.1) is 25.6 Å². The fourth-order valence-corrected chi connectivity index (χ4v) is 3.78. The second-order valence-electron chi connectivity index (χ2n) is 5.50. The minimum atomic E-state index is -0.168. The van der Waals surface area contributed by atoms with Crippen LogP contribution in [0.1, 0.15) is 6.92 Å². The van der Waals surface area contributed by atoms with E-state index in [-0.39, 0.29) is 6.03 Å². The summed E-state index contributed by atoms with van der Waals surface area (Å²) in [6.45, 7) is 2.78. The van der Waals surface area contributed by atoms with Gasteiger partial charge in [0.25, 0.3) is 0 Å². The van der Waals surface area contributed by atoms with Crippen LogP contribution in [0.2, 0.25) is 0 Å². The van der Waals surface area contributed by atoms with Crippen LogP contribution in [0.3, 0.4) is 0 Å². The molecule has 2 aromatic carbocycles. The zero-order valence-corrected chi connectivity index (χ0v) is 14.7. The Balaban J connectivity index is 1.86. The van der Waals surface area contributed by atoms with Gasteiger partial charge in [-0.3, -0.25) is 4.90 Å². The lowest BCUT2D eigenvalue weighted by molar-refractivity contribution is 0.256. The van der Waals surface area contributed by atoms with Crippen molar-refractivity contribution in [1.29, 1.82) is 0 Å². The van der Waals surface area contributed by atoms with Gasteiger partial charge in [-0.25, -0.2) is 4.79 Å². The highest BCUT2D eigenvalue weighted by molar-refractivity contribution is 8.00. The van der Waals surface area contributed by atoms with E-state index in [2.05, 4.69) is 12.2 Å². The second kappa shape index (κ2) is 7.05. The predicted octanol–water partition coefficient (Wildman–Crippen LogP) is 4.24. The predicted molar refractivity (Wildman–Crippen MR) is 97.7 cm³/mol. The molecule has 0 unspecified atom stereocenters. The van der Waals surface area contributed by atoms with Crippen molar-refractivity contribution in [2.45, 2.75) is 17.1 Å². The Hall–Kier alpha value is -2.34. The van der Waals surface area contributed by atoms with Gasteiger partial charge in [0.1, 0.15) is 11.5 Å². The summed E-state index contributed by atoms with van der Waals surface area (Å²) in [5.41, 5.74) is 1.55. The summed E-state index contributed by atoms with van der Waals surface area (Å²) >= 11 is 1.79. The average molecular weight is 344 g/mol. The highest BCUT2D eigenvalue weighted by Crippen LogP contribution is 2.38. The van der Waals surface area contributed by atoms with Gasteiger partial charge in [-0.05, 0) is 24.3 Å². The third kappa shape index (κ3) is 3.28. The summed E-state index contributed by atoms with van der Waals surface area (Å²) in [6, 6.07) is 13.1. The Kier molecular flexibility index (Phi) is 4.85. The molecule has 6 heteroatoms. The molecule has 0 saturated carbocycles. The first-order valence-corrected chi connectivity index (χ1v) is 8.56. The molecule has 0 saturated heterocycles. The summed E-state index contributed by atoms with van der Waals surface area (Å²) in [5.74, 6) is 1.24. The van der Waals surface area contributed by atoms with Crippen molar-refractivity contribution in [2.75, 3.05) is 31.0 Å². The van der Waals surface area contributed by atoms with Crippen molar-refractivity contribution in [2.24, 2.45) is 0 Å². The van der Waals surface area contributed by atoms with Crippen molar-refractivity contribution in [3.05, 3.63) is 42.5 Å².